The third-order valence-electron chi connectivity index (χ3n) is 3.39. The number of nitrogens with one attached hydrogen (secondary N) is 1. The highest BCUT2D eigenvalue weighted by atomic mass is 19.1. The summed E-state index contributed by atoms with van der Waals surface area (Å²) in [6, 6.07) is 3.75. The van der Waals surface area contributed by atoms with Crippen LogP contribution in [0.1, 0.15) is 6.04 Å². The summed E-state index contributed by atoms with van der Waals surface area (Å²) in [6.45, 7) is 1.19. The Balaban J connectivity index is 2.44. The van der Waals surface area contributed by atoms with Gasteiger partial charge >= 0.3 is 5.69 Å². The molecule has 2 heterocycles. The van der Waals surface area contributed by atoms with E-state index in [0.717, 1.165) is 0 Å². The van der Waals surface area contributed by atoms with E-state index in [1.165, 1.54) is 27.3 Å². The Morgan fingerprint density at radius 2 is 2.06 bits per heavy atom. The second-order valence-electron chi connectivity index (χ2n) is 4.49. The lowest BCUT2D eigenvalue weighted by molar-refractivity contribution is 0.323. The van der Waals surface area contributed by atoms with Crippen molar-refractivity contribution >= 4 is 10.9 Å². The quantitative estimate of drug-likeness (QED) is 0.773. The molecule has 1 saturated heterocycles. The van der Waals surface area contributed by atoms with E-state index in [1.54, 1.807) is 7.05 Å². The van der Waals surface area contributed by atoms with Gasteiger partial charge in [0, 0.05) is 20.1 Å². The highest BCUT2D eigenvalue weighted by molar-refractivity contribution is 5.77. The van der Waals surface area contributed by atoms with Gasteiger partial charge in [-0.05, 0) is 18.2 Å². The van der Waals surface area contributed by atoms with Crippen molar-refractivity contribution in [1.82, 2.24) is 14.5 Å². The Bertz CT molecular complexity index is 743. The van der Waals surface area contributed by atoms with Crippen LogP contribution in [0.3, 0.4) is 0 Å². The van der Waals surface area contributed by atoms with Gasteiger partial charge in [0.1, 0.15) is 5.82 Å². The Labute approximate surface area is 101 Å². The molecule has 0 amide bonds. The van der Waals surface area contributed by atoms with Crippen LogP contribution in [0.5, 0.6) is 0 Å². The predicted molar refractivity (Wildman–Crippen MR) is 65.3 cm³/mol. The molecule has 1 fully saturated rings. The molecule has 94 valence electrons. The first-order valence-corrected chi connectivity index (χ1v) is 5.71. The summed E-state index contributed by atoms with van der Waals surface area (Å²) in [4.78, 5) is 24.4. The van der Waals surface area contributed by atoms with Gasteiger partial charge in [-0.15, -0.1) is 0 Å². The van der Waals surface area contributed by atoms with Crippen LogP contribution in [-0.2, 0) is 7.05 Å². The van der Waals surface area contributed by atoms with E-state index in [4.69, 9.17) is 0 Å². The number of hydrogen-bond donors (Lipinski definition) is 1. The molecule has 0 unspecified atom stereocenters. The zero-order valence-corrected chi connectivity index (χ0v) is 9.81. The van der Waals surface area contributed by atoms with Gasteiger partial charge in [-0.1, -0.05) is 0 Å². The van der Waals surface area contributed by atoms with Crippen LogP contribution in [0.2, 0.25) is 0 Å². The molecule has 0 saturated carbocycles. The highest BCUT2D eigenvalue weighted by Gasteiger charge is 2.24. The fourth-order valence-corrected chi connectivity index (χ4v) is 2.23. The Morgan fingerprint density at radius 1 is 1.33 bits per heavy atom. The van der Waals surface area contributed by atoms with Gasteiger partial charge < -0.3 is 5.32 Å². The van der Waals surface area contributed by atoms with E-state index in [-0.39, 0.29) is 17.1 Å². The van der Waals surface area contributed by atoms with Gasteiger partial charge in [-0.3, -0.25) is 13.9 Å². The maximum absolute atomic E-state index is 13.2. The molecule has 0 radical (unpaired) electrons. The van der Waals surface area contributed by atoms with Crippen molar-refractivity contribution < 1.29 is 4.39 Å². The molecular weight excluding hydrogens is 237 g/mol. The minimum atomic E-state index is -0.475. The van der Waals surface area contributed by atoms with Gasteiger partial charge in [0.15, 0.2) is 0 Å². The lowest BCUT2D eigenvalue weighted by Gasteiger charge is -2.28. The van der Waals surface area contributed by atoms with E-state index in [1.807, 2.05) is 0 Å². The molecule has 1 aromatic carbocycles. The van der Waals surface area contributed by atoms with Gasteiger partial charge in [0.25, 0.3) is 5.56 Å². The van der Waals surface area contributed by atoms with E-state index in [0.29, 0.717) is 18.6 Å². The first-order chi connectivity index (χ1) is 8.59. The normalized spacial score (nSPS) is 15.9. The van der Waals surface area contributed by atoms with E-state index >= 15 is 0 Å². The summed E-state index contributed by atoms with van der Waals surface area (Å²) < 4.78 is 15.8. The van der Waals surface area contributed by atoms with Crippen LogP contribution in [0, 0.1) is 5.82 Å². The van der Waals surface area contributed by atoms with Crippen LogP contribution in [0.25, 0.3) is 10.9 Å². The fraction of sp³-hybridized carbons (Fsp3) is 0.333. The smallest absolute Gasteiger partial charge is 0.312 e. The first kappa shape index (κ1) is 11.2. The minimum absolute atomic E-state index is 0.135. The minimum Gasteiger partial charge on any atom is -0.312 e. The monoisotopic (exact) mass is 249 g/mol. The van der Waals surface area contributed by atoms with Crippen molar-refractivity contribution in [2.24, 2.45) is 7.05 Å². The molecular formula is C12H12FN3O2. The molecule has 0 spiro atoms. The molecule has 2 aromatic rings. The molecule has 0 atom stereocenters. The number of nitrogens with zero attached hydrogens (tertiary/aromatic N) is 2. The van der Waals surface area contributed by atoms with Crippen molar-refractivity contribution in [3.8, 4) is 0 Å². The summed E-state index contributed by atoms with van der Waals surface area (Å²) in [7, 11) is 1.59. The Kier molecular flexibility index (Phi) is 2.34. The van der Waals surface area contributed by atoms with Crippen LogP contribution < -0.4 is 16.6 Å². The third kappa shape index (κ3) is 1.42. The summed E-state index contributed by atoms with van der Waals surface area (Å²) >= 11 is 0. The van der Waals surface area contributed by atoms with Crippen molar-refractivity contribution in [2.45, 2.75) is 6.04 Å². The van der Waals surface area contributed by atoms with E-state index in [9.17, 15) is 14.0 Å². The van der Waals surface area contributed by atoms with Crippen LogP contribution in [0.4, 0.5) is 4.39 Å². The summed E-state index contributed by atoms with van der Waals surface area (Å²) in [5, 5.41) is 3.25. The maximum Gasteiger partial charge on any atom is 0.331 e. The second kappa shape index (κ2) is 3.78. The number of aryl methyl sites for hydroxylation is 1. The predicted octanol–water partition coefficient (Wildman–Crippen LogP) is -0.0164. The van der Waals surface area contributed by atoms with Gasteiger partial charge in [0.05, 0.1) is 16.9 Å². The summed E-state index contributed by atoms with van der Waals surface area (Å²) in [5.74, 6) is -0.475. The molecule has 3 rings (SSSR count). The average Bonchev–Trinajstić information content (AvgIpc) is 2.29. The lowest BCUT2D eigenvalue weighted by Crippen LogP contribution is -2.53. The van der Waals surface area contributed by atoms with Crippen molar-refractivity contribution in [3.05, 3.63) is 44.9 Å². The number of rotatable bonds is 1. The van der Waals surface area contributed by atoms with Gasteiger partial charge in [-0.2, -0.15) is 0 Å². The molecule has 1 aliphatic rings. The Morgan fingerprint density at radius 3 is 2.67 bits per heavy atom. The van der Waals surface area contributed by atoms with E-state index in [2.05, 4.69) is 5.32 Å². The van der Waals surface area contributed by atoms with Crippen LogP contribution in [-0.4, -0.2) is 22.2 Å². The number of hydrogen-bond acceptors (Lipinski definition) is 3. The molecule has 18 heavy (non-hydrogen) atoms. The number of halogens is 1. The maximum atomic E-state index is 13.2. The molecule has 6 heteroatoms. The van der Waals surface area contributed by atoms with Gasteiger partial charge in [0.2, 0.25) is 0 Å². The second-order valence-corrected chi connectivity index (χ2v) is 4.49. The van der Waals surface area contributed by atoms with E-state index < -0.39 is 11.4 Å². The average molecular weight is 249 g/mol. The molecule has 0 aliphatic carbocycles. The highest BCUT2D eigenvalue weighted by Crippen LogP contribution is 2.12. The first-order valence-electron chi connectivity index (χ1n) is 5.71. The zero-order valence-electron chi connectivity index (χ0n) is 9.81. The lowest BCUT2D eigenvalue weighted by atomic mass is 10.1. The SMILES string of the molecule is Cn1c(=O)n(C2CNC2)c(=O)c2cc(F)ccc21. The Hall–Kier alpha value is -1.95. The summed E-state index contributed by atoms with van der Waals surface area (Å²) in [5.41, 5.74) is -0.320. The van der Waals surface area contributed by atoms with Crippen LogP contribution >= 0.6 is 0 Å². The molecule has 1 aliphatic heterocycles. The zero-order chi connectivity index (χ0) is 12.9. The standard InChI is InChI=1S/C12H12FN3O2/c1-15-10-3-2-7(13)4-9(10)11(17)16(12(15)18)8-5-14-6-8/h2-4,8,14H,5-6H2,1H3. The van der Waals surface area contributed by atoms with Gasteiger partial charge in [-0.25, -0.2) is 9.18 Å². The molecule has 1 N–H and O–H groups in total. The fourth-order valence-electron chi connectivity index (χ4n) is 2.23. The van der Waals surface area contributed by atoms with Crippen LogP contribution in [0.15, 0.2) is 27.8 Å². The van der Waals surface area contributed by atoms with Crippen molar-refractivity contribution in [3.63, 3.8) is 0 Å². The molecule has 5 nitrogen and oxygen atoms in total. The number of fused-ring (bicyclic) bond motifs is 1. The molecule has 0 bridgehead atoms. The number of aromatic nitrogens is 2. The molecule has 1 aromatic heterocycles. The third-order valence-corrected chi connectivity index (χ3v) is 3.39. The largest absolute Gasteiger partial charge is 0.331 e. The van der Waals surface area contributed by atoms with Crippen molar-refractivity contribution in [2.75, 3.05) is 13.1 Å². The summed E-state index contributed by atoms with van der Waals surface area (Å²) in [6.07, 6.45) is 0. The number of benzene rings is 1. The van der Waals surface area contributed by atoms with Crippen molar-refractivity contribution in [1.29, 1.82) is 0 Å². The topological polar surface area (TPSA) is 56.0 Å².